The first-order valence-electron chi connectivity index (χ1n) is 7.70. The van der Waals surface area contributed by atoms with Gasteiger partial charge in [-0.1, -0.05) is 13.8 Å². The second-order valence-electron chi connectivity index (χ2n) is 7.29. The molecule has 5 heteroatoms. The summed E-state index contributed by atoms with van der Waals surface area (Å²) in [5.41, 5.74) is -0.349. The fraction of sp³-hybridized carbons (Fsp3) is 0.867. The van der Waals surface area contributed by atoms with Gasteiger partial charge in [-0.3, -0.25) is 0 Å². The molecule has 1 saturated carbocycles. The molecule has 3 rings (SSSR count). The summed E-state index contributed by atoms with van der Waals surface area (Å²) in [4.78, 5) is 28.0. The molecule has 0 radical (unpaired) electrons. The predicted octanol–water partition coefficient (Wildman–Crippen LogP) is 2.17. The molecule has 5 nitrogen and oxygen atoms in total. The predicted molar refractivity (Wildman–Crippen MR) is 74.4 cm³/mol. The van der Waals surface area contributed by atoms with Crippen molar-refractivity contribution in [2.45, 2.75) is 58.0 Å². The summed E-state index contributed by atoms with van der Waals surface area (Å²) in [6.45, 7) is 5.32. The Balaban J connectivity index is 1.80. The number of rotatable bonds is 1. The summed E-state index contributed by atoms with van der Waals surface area (Å²) < 4.78 is 0. The molecular weight excluding hydrogens is 256 g/mol. The smallest absolute Gasteiger partial charge is 0.327 e. The van der Waals surface area contributed by atoms with Crippen molar-refractivity contribution >= 4 is 12.0 Å². The maximum atomic E-state index is 12.8. The topological polar surface area (TPSA) is 60.9 Å². The highest BCUT2D eigenvalue weighted by molar-refractivity contribution is 5.84. The normalized spacial score (nSPS) is 35.4. The van der Waals surface area contributed by atoms with E-state index < -0.39 is 12.0 Å². The monoisotopic (exact) mass is 280 g/mol. The first kappa shape index (κ1) is 13.7. The number of amides is 2. The number of fused-ring (bicyclic) bond motifs is 2. The van der Waals surface area contributed by atoms with Gasteiger partial charge in [0.15, 0.2) is 0 Å². The number of aliphatic carboxylic acids is 1. The van der Waals surface area contributed by atoms with Gasteiger partial charge in [0.25, 0.3) is 0 Å². The molecule has 2 bridgehead atoms. The molecule has 2 aliphatic heterocycles. The number of carbonyl (C=O) groups excluding carboxylic acids is 1. The van der Waals surface area contributed by atoms with Crippen LogP contribution in [0.1, 0.15) is 46.0 Å². The van der Waals surface area contributed by atoms with Crippen LogP contribution in [0, 0.1) is 11.3 Å². The first-order chi connectivity index (χ1) is 9.40. The van der Waals surface area contributed by atoms with Crippen LogP contribution in [0.2, 0.25) is 0 Å². The molecule has 0 spiro atoms. The van der Waals surface area contributed by atoms with Crippen molar-refractivity contribution in [3.05, 3.63) is 0 Å². The lowest BCUT2D eigenvalue weighted by molar-refractivity contribution is -0.148. The summed E-state index contributed by atoms with van der Waals surface area (Å²) >= 11 is 0. The van der Waals surface area contributed by atoms with E-state index in [4.69, 9.17) is 0 Å². The van der Waals surface area contributed by atoms with Crippen molar-refractivity contribution in [1.29, 1.82) is 0 Å². The molecule has 112 valence electrons. The minimum absolute atomic E-state index is 0.0441. The standard InChI is InChI=1S/C15H24N2O3/c1-15(2)6-3-7-16(12(15)13(18)19)14(20)17-9-10-4-5-11(17)8-10/h10-12H,3-9H2,1-2H3,(H,18,19). The van der Waals surface area contributed by atoms with E-state index >= 15 is 0 Å². The third kappa shape index (κ3) is 2.07. The lowest BCUT2D eigenvalue weighted by atomic mass is 9.76. The SMILES string of the molecule is CC1(C)CCCN(C(=O)N2CC3CCC2C3)C1C(=O)O. The Morgan fingerprint density at radius 2 is 1.95 bits per heavy atom. The summed E-state index contributed by atoms with van der Waals surface area (Å²) in [6.07, 6.45) is 5.18. The maximum Gasteiger partial charge on any atom is 0.327 e. The Labute approximate surface area is 119 Å². The summed E-state index contributed by atoms with van der Waals surface area (Å²) in [6, 6.07) is -0.382. The Kier molecular flexibility index (Phi) is 3.18. The molecule has 3 atom stereocenters. The van der Waals surface area contributed by atoms with Crippen molar-refractivity contribution in [3.63, 3.8) is 0 Å². The van der Waals surface area contributed by atoms with E-state index in [1.165, 1.54) is 6.42 Å². The van der Waals surface area contributed by atoms with Crippen LogP contribution in [0.25, 0.3) is 0 Å². The summed E-state index contributed by atoms with van der Waals surface area (Å²) in [5, 5.41) is 9.56. The Bertz CT molecular complexity index is 435. The van der Waals surface area contributed by atoms with Crippen LogP contribution in [-0.4, -0.2) is 52.1 Å². The van der Waals surface area contributed by atoms with Crippen molar-refractivity contribution < 1.29 is 14.7 Å². The van der Waals surface area contributed by atoms with Crippen LogP contribution in [0.4, 0.5) is 4.79 Å². The number of piperidine rings is 2. The second-order valence-corrected chi connectivity index (χ2v) is 7.29. The largest absolute Gasteiger partial charge is 0.480 e. The molecule has 3 unspecified atom stereocenters. The van der Waals surface area contributed by atoms with Gasteiger partial charge in [0, 0.05) is 19.1 Å². The molecule has 2 amide bonds. The average molecular weight is 280 g/mol. The van der Waals surface area contributed by atoms with E-state index in [1.807, 2.05) is 18.7 Å². The maximum absolute atomic E-state index is 12.8. The van der Waals surface area contributed by atoms with E-state index in [-0.39, 0.29) is 11.4 Å². The molecule has 3 fully saturated rings. The van der Waals surface area contributed by atoms with E-state index in [0.717, 1.165) is 32.2 Å². The van der Waals surface area contributed by atoms with Gasteiger partial charge in [0.2, 0.25) is 0 Å². The van der Waals surface area contributed by atoms with Crippen molar-refractivity contribution in [2.24, 2.45) is 11.3 Å². The van der Waals surface area contributed by atoms with Gasteiger partial charge >= 0.3 is 12.0 Å². The molecular formula is C15H24N2O3. The quantitative estimate of drug-likeness (QED) is 0.800. The molecule has 2 saturated heterocycles. The zero-order valence-corrected chi connectivity index (χ0v) is 12.3. The van der Waals surface area contributed by atoms with Gasteiger partial charge in [0.1, 0.15) is 6.04 Å². The van der Waals surface area contributed by atoms with Crippen LogP contribution in [0.3, 0.4) is 0 Å². The zero-order chi connectivity index (χ0) is 14.5. The molecule has 3 aliphatic rings. The van der Waals surface area contributed by atoms with Crippen LogP contribution in [0.15, 0.2) is 0 Å². The molecule has 0 aromatic carbocycles. The number of nitrogens with zero attached hydrogens (tertiary/aromatic N) is 2. The Morgan fingerprint density at radius 1 is 1.20 bits per heavy atom. The first-order valence-corrected chi connectivity index (χ1v) is 7.70. The second kappa shape index (κ2) is 4.64. The Morgan fingerprint density at radius 3 is 2.50 bits per heavy atom. The van der Waals surface area contributed by atoms with Crippen LogP contribution in [-0.2, 0) is 4.79 Å². The molecule has 0 aromatic rings. The van der Waals surface area contributed by atoms with Crippen molar-refractivity contribution in [2.75, 3.05) is 13.1 Å². The van der Waals surface area contributed by atoms with Crippen LogP contribution >= 0.6 is 0 Å². The lowest BCUT2D eigenvalue weighted by Gasteiger charge is -2.46. The third-order valence-corrected chi connectivity index (χ3v) is 5.41. The molecule has 1 aliphatic carbocycles. The van der Waals surface area contributed by atoms with Gasteiger partial charge in [-0.2, -0.15) is 0 Å². The molecule has 1 N–H and O–H groups in total. The van der Waals surface area contributed by atoms with Crippen LogP contribution in [0.5, 0.6) is 0 Å². The van der Waals surface area contributed by atoms with Gasteiger partial charge < -0.3 is 14.9 Å². The lowest BCUT2D eigenvalue weighted by Crippen LogP contribution is -2.60. The van der Waals surface area contributed by atoms with E-state index in [1.54, 1.807) is 4.90 Å². The third-order valence-electron chi connectivity index (χ3n) is 5.41. The Hall–Kier alpha value is -1.26. The van der Waals surface area contributed by atoms with Gasteiger partial charge in [-0.05, 0) is 43.4 Å². The number of urea groups is 1. The fourth-order valence-electron chi connectivity index (χ4n) is 4.39. The zero-order valence-electron chi connectivity index (χ0n) is 12.3. The van der Waals surface area contributed by atoms with Crippen molar-refractivity contribution in [1.82, 2.24) is 9.80 Å². The van der Waals surface area contributed by atoms with E-state index in [2.05, 4.69) is 0 Å². The summed E-state index contributed by atoms with van der Waals surface area (Å²) in [5.74, 6) is -0.225. The minimum Gasteiger partial charge on any atom is -0.480 e. The van der Waals surface area contributed by atoms with Gasteiger partial charge in [0.05, 0.1) is 0 Å². The molecule has 20 heavy (non-hydrogen) atoms. The number of carboxylic acid groups (broad SMARTS) is 1. The number of carboxylic acids is 1. The van der Waals surface area contributed by atoms with Gasteiger partial charge in [-0.15, -0.1) is 0 Å². The minimum atomic E-state index is -0.868. The van der Waals surface area contributed by atoms with E-state index in [9.17, 15) is 14.7 Å². The van der Waals surface area contributed by atoms with Crippen molar-refractivity contribution in [3.8, 4) is 0 Å². The highest BCUT2D eigenvalue weighted by Gasteiger charge is 2.48. The molecule has 2 heterocycles. The average Bonchev–Trinajstić information content (AvgIpc) is 2.98. The number of likely N-dealkylation sites (tertiary alicyclic amines) is 2. The summed E-state index contributed by atoms with van der Waals surface area (Å²) in [7, 11) is 0. The highest BCUT2D eigenvalue weighted by Crippen LogP contribution is 2.40. The van der Waals surface area contributed by atoms with E-state index in [0.29, 0.717) is 18.5 Å². The molecule has 0 aromatic heterocycles. The highest BCUT2D eigenvalue weighted by atomic mass is 16.4. The number of hydrogen-bond donors (Lipinski definition) is 1. The number of hydrogen-bond acceptors (Lipinski definition) is 2. The van der Waals surface area contributed by atoms with Crippen LogP contribution < -0.4 is 0 Å². The number of carbonyl (C=O) groups is 2. The fourth-order valence-corrected chi connectivity index (χ4v) is 4.39. The van der Waals surface area contributed by atoms with Gasteiger partial charge in [-0.25, -0.2) is 9.59 Å².